The Morgan fingerprint density at radius 2 is 2.15 bits per heavy atom. The molecule has 13 heavy (non-hydrogen) atoms. The van der Waals surface area contributed by atoms with Crippen molar-refractivity contribution in [2.75, 3.05) is 0 Å². The number of aromatic amines is 1. The fourth-order valence-electron chi connectivity index (χ4n) is 2.01. The molecular weight excluding hydrogens is 160 g/mol. The molecule has 2 heteroatoms. The van der Waals surface area contributed by atoms with Crippen molar-refractivity contribution in [3.8, 4) is 11.1 Å². The van der Waals surface area contributed by atoms with Crippen molar-refractivity contribution in [2.24, 2.45) is 0 Å². The molecular formula is C11H10N2. The molecule has 2 heterocycles. The van der Waals surface area contributed by atoms with Crippen LogP contribution in [-0.2, 0) is 12.8 Å². The van der Waals surface area contributed by atoms with Gasteiger partial charge < -0.3 is 4.98 Å². The number of aryl methyl sites for hydroxylation is 2. The van der Waals surface area contributed by atoms with E-state index in [1.165, 1.54) is 22.4 Å². The minimum Gasteiger partial charge on any atom is -0.364 e. The maximum Gasteiger partial charge on any atom is 0.0306 e. The van der Waals surface area contributed by atoms with Crippen molar-refractivity contribution >= 4 is 0 Å². The first-order chi connectivity index (χ1) is 6.45. The monoisotopic (exact) mass is 170 g/mol. The molecule has 1 aliphatic carbocycles. The summed E-state index contributed by atoms with van der Waals surface area (Å²) in [6.07, 6.45) is 8.07. The van der Waals surface area contributed by atoms with Crippen molar-refractivity contribution in [2.45, 2.75) is 12.8 Å². The molecule has 0 atom stereocenters. The number of rotatable bonds is 0. The Kier molecular flexibility index (Phi) is 1.30. The molecule has 0 saturated carbocycles. The van der Waals surface area contributed by atoms with Crippen LogP contribution in [0.25, 0.3) is 11.1 Å². The zero-order chi connectivity index (χ0) is 8.67. The first-order valence-electron chi connectivity index (χ1n) is 4.54. The molecule has 2 aromatic heterocycles. The maximum absolute atomic E-state index is 4.15. The topological polar surface area (TPSA) is 28.7 Å². The summed E-state index contributed by atoms with van der Waals surface area (Å²) in [6.45, 7) is 0. The molecule has 1 aliphatic rings. The summed E-state index contributed by atoms with van der Waals surface area (Å²) in [6, 6.07) is 4.24. The first-order valence-corrected chi connectivity index (χ1v) is 4.54. The smallest absolute Gasteiger partial charge is 0.0306 e. The van der Waals surface area contributed by atoms with Gasteiger partial charge in [0.25, 0.3) is 0 Å². The van der Waals surface area contributed by atoms with Crippen molar-refractivity contribution < 1.29 is 0 Å². The third-order valence-electron chi connectivity index (χ3n) is 2.67. The van der Waals surface area contributed by atoms with Crippen molar-refractivity contribution in [3.63, 3.8) is 0 Å². The van der Waals surface area contributed by atoms with E-state index in [0.717, 1.165) is 12.8 Å². The Morgan fingerprint density at radius 1 is 1.15 bits per heavy atom. The number of H-pyrrole nitrogens is 1. The van der Waals surface area contributed by atoms with Crippen LogP contribution in [0, 0.1) is 0 Å². The van der Waals surface area contributed by atoms with Crippen LogP contribution >= 0.6 is 0 Å². The average molecular weight is 170 g/mol. The minimum absolute atomic E-state index is 1.11. The number of fused-ring (bicyclic) bond motifs is 3. The molecule has 64 valence electrons. The summed E-state index contributed by atoms with van der Waals surface area (Å²) >= 11 is 0. The maximum atomic E-state index is 4.15. The molecule has 0 saturated heterocycles. The first kappa shape index (κ1) is 6.89. The van der Waals surface area contributed by atoms with E-state index in [9.17, 15) is 0 Å². The molecule has 0 amide bonds. The molecule has 2 aromatic rings. The molecule has 0 bridgehead atoms. The van der Waals surface area contributed by atoms with E-state index in [-0.39, 0.29) is 0 Å². The van der Waals surface area contributed by atoms with Gasteiger partial charge in [-0.25, -0.2) is 0 Å². The Labute approximate surface area is 76.6 Å². The molecule has 0 aromatic carbocycles. The highest BCUT2D eigenvalue weighted by Crippen LogP contribution is 2.31. The van der Waals surface area contributed by atoms with Gasteiger partial charge in [0.2, 0.25) is 0 Å². The molecule has 0 fully saturated rings. The Bertz CT molecular complexity index is 443. The normalized spacial score (nSPS) is 13.5. The van der Waals surface area contributed by atoms with Gasteiger partial charge in [-0.3, -0.25) is 4.98 Å². The van der Waals surface area contributed by atoms with Gasteiger partial charge in [-0.2, -0.15) is 0 Å². The fraction of sp³-hybridized carbons (Fsp3) is 0.182. The molecule has 0 unspecified atom stereocenters. The minimum atomic E-state index is 1.11. The van der Waals surface area contributed by atoms with Crippen LogP contribution < -0.4 is 0 Å². The Morgan fingerprint density at radius 3 is 3.15 bits per heavy atom. The Hall–Kier alpha value is -1.57. The van der Waals surface area contributed by atoms with Gasteiger partial charge >= 0.3 is 0 Å². The average Bonchev–Trinajstić information content (AvgIpc) is 2.65. The van der Waals surface area contributed by atoms with Crippen molar-refractivity contribution in [1.82, 2.24) is 9.97 Å². The van der Waals surface area contributed by atoms with Crippen LogP contribution in [0.15, 0.2) is 30.7 Å². The lowest BCUT2D eigenvalue weighted by atomic mass is 9.92. The predicted molar refractivity (Wildman–Crippen MR) is 51.4 cm³/mol. The van der Waals surface area contributed by atoms with Gasteiger partial charge in [0.05, 0.1) is 0 Å². The van der Waals surface area contributed by atoms with Gasteiger partial charge in [0.1, 0.15) is 0 Å². The van der Waals surface area contributed by atoms with Gasteiger partial charge in [-0.15, -0.1) is 0 Å². The van der Waals surface area contributed by atoms with Crippen molar-refractivity contribution in [3.05, 3.63) is 42.0 Å². The Balaban J connectivity index is 2.30. The van der Waals surface area contributed by atoms with Crippen LogP contribution in [-0.4, -0.2) is 9.97 Å². The van der Waals surface area contributed by atoms with E-state index in [2.05, 4.69) is 22.1 Å². The molecule has 0 spiro atoms. The molecule has 0 radical (unpaired) electrons. The zero-order valence-corrected chi connectivity index (χ0v) is 7.25. The lowest BCUT2D eigenvalue weighted by Gasteiger charge is -2.14. The van der Waals surface area contributed by atoms with Crippen LogP contribution in [0.5, 0.6) is 0 Å². The molecule has 1 N–H and O–H groups in total. The summed E-state index contributed by atoms with van der Waals surface area (Å²) in [4.78, 5) is 7.42. The summed E-state index contributed by atoms with van der Waals surface area (Å²) in [5.41, 5.74) is 5.43. The number of pyridine rings is 1. The second kappa shape index (κ2) is 2.46. The summed E-state index contributed by atoms with van der Waals surface area (Å²) in [5, 5.41) is 0. The summed E-state index contributed by atoms with van der Waals surface area (Å²) in [5.74, 6) is 0. The van der Waals surface area contributed by atoms with E-state index in [0.29, 0.717) is 0 Å². The predicted octanol–water partition coefficient (Wildman–Crippen LogP) is 2.18. The fourth-order valence-corrected chi connectivity index (χ4v) is 2.01. The number of hydrogen-bond donors (Lipinski definition) is 1. The largest absolute Gasteiger partial charge is 0.364 e. The number of nitrogens with zero attached hydrogens (tertiary/aromatic N) is 1. The standard InChI is InChI=1S/C11H10N2/c1-2-11-10(4-6-13-11)9-3-5-12-7-8(1)9/h3-7,13H,1-2H2. The highest BCUT2D eigenvalue weighted by molar-refractivity contribution is 5.71. The van der Waals surface area contributed by atoms with E-state index in [1.807, 2.05) is 18.6 Å². The van der Waals surface area contributed by atoms with E-state index >= 15 is 0 Å². The van der Waals surface area contributed by atoms with Crippen molar-refractivity contribution in [1.29, 1.82) is 0 Å². The number of nitrogens with one attached hydrogen (secondary N) is 1. The summed E-state index contributed by atoms with van der Waals surface area (Å²) in [7, 11) is 0. The van der Waals surface area contributed by atoms with Crippen LogP contribution in [0.2, 0.25) is 0 Å². The van der Waals surface area contributed by atoms with Crippen LogP contribution in [0.3, 0.4) is 0 Å². The second-order valence-electron chi connectivity index (χ2n) is 3.40. The SMILES string of the molecule is c1cc2c(cn1)CCc1[nH]ccc1-2. The van der Waals surface area contributed by atoms with Gasteiger partial charge in [-0.1, -0.05) is 0 Å². The van der Waals surface area contributed by atoms with E-state index in [1.54, 1.807) is 0 Å². The quantitative estimate of drug-likeness (QED) is 0.645. The third-order valence-corrected chi connectivity index (χ3v) is 2.67. The lowest BCUT2D eigenvalue weighted by molar-refractivity contribution is 0.902. The number of aromatic nitrogens is 2. The van der Waals surface area contributed by atoms with Crippen LogP contribution in [0.1, 0.15) is 11.3 Å². The lowest BCUT2D eigenvalue weighted by Crippen LogP contribution is -2.02. The van der Waals surface area contributed by atoms with E-state index < -0.39 is 0 Å². The zero-order valence-electron chi connectivity index (χ0n) is 7.25. The third kappa shape index (κ3) is 0.917. The van der Waals surface area contributed by atoms with E-state index in [4.69, 9.17) is 0 Å². The molecule has 0 aliphatic heterocycles. The van der Waals surface area contributed by atoms with Gasteiger partial charge in [0.15, 0.2) is 0 Å². The van der Waals surface area contributed by atoms with Gasteiger partial charge in [0, 0.05) is 29.8 Å². The highest BCUT2D eigenvalue weighted by atomic mass is 14.7. The molecule has 3 rings (SSSR count). The van der Waals surface area contributed by atoms with Gasteiger partial charge in [-0.05, 0) is 36.1 Å². The molecule has 2 nitrogen and oxygen atoms in total. The highest BCUT2D eigenvalue weighted by Gasteiger charge is 2.15. The number of hydrogen-bond acceptors (Lipinski definition) is 1. The van der Waals surface area contributed by atoms with Crippen LogP contribution in [0.4, 0.5) is 0 Å². The second-order valence-corrected chi connectivity index (χ2v) is 3.40. The summed E-state index contributed by atoms with van der Waals surface area (Å²) < 4.78 is 0.